The topological polar surface area (TPSA) is 123 Å². The van der Waals surface area contributed by atoms with E-state index < -0.39 is 23.8 Å². The molecule has 9 nitrogen and oxygen atoms in total. The van der Waals surface area contributed by atoms with Crippen LogP contribution in [-0.2, 0) is 16.1 Å². The Kier molecular flexibility index (Phi) is 9.62. The van der Waals surface area contributed by atoms with Crippen molar-refractivity contribution < 1.29 is 33.7 Å². The molecule has 0 aliphatic carbocycles. The number of aliphatic carboxylic acids is 1. The highest BCUT2D eigenvalue weighted by atomic mass is 16.5. The zero-order chi connectivity index (χ0) is 26.8. The van der Waals surface area contributed by atoms with Crippen LogP contribution >= 0.6 is 0 Å². The maximum atomic E-state index is 12.5. The summed E-state index contributed by atoms with van der Waals surface area (Å²) in [5.41, 5.74) is 3.01. The summed E-state index contributed by atoms with van der Waals surface area (Å²) in [6.07, 6.45) is -0.154. The van der Waals surface area contributed by atoms with Crippen molar-refractivity contribution in [3.63, 3.8) is 0 Å². The van der Waals surface area contributed by atoms with E-state index in [1.165, 1.54) is 21.3 Å². The number of ether oxygens (including phenoxy) is 3. The second-order valence-electron chi connectivity index (χ2n) is 8.16. The molecule has 2 amide bonds. The number of nitrogens with one attached hydrogen (secondary N) is 2. The average molecular weight is 507 g/mol. The summed E-state index contributed by atoms with van der Waals surface area (Å²) in [6, 6.07) is 19.0. The molecule has 3 rings (SSSR count). The summed E-state index contributed by atoms with van der Waals surface area (Å²) in [4.78, 5) is 36.6. The van der Waals surface area contributed by atoms with Crippen molar-refractivity contribution in [1.29, 1.82) is 0 Å². The third kappa shape index (κ3) is 7.31. The van der Waals surface area contributed by atoms with Crippen LogP contribution in [-0.4, -0.2) is 50.3 Å². The number of rotatable bonds is 12. The predicted octanol–water partition coefficient (Wildman–Crippen LogP) is 3.66. The highest BCUT2D eigenvalue weighted by Gasteiger charge is 2.20. The van der Waals surface area contributed by atoms with Crippen LogP contribution in [0.4, 0.5) is 0 Å². The number of methoxy groups -OCH3 is 3. The van der Waals surface area contributed by atoms with Gasteiger partial charge in [0.2, 0.25) is 11.7 Å². The molecular weight excluding hydrogens is 476 g/mol. The molecule has 3 aromatic carbocycles. The Morgan fingerprint density at radius 1 is 0.838 bits per heavy atom. The molecule has 0 aromatic heterocycles. The third-order valence-corrected chi connectivity index (χ3v) is 5.74. The Morgan fingerprint density at radius 2 is 1.43 bits per heavy atom. The molecule has 0 aliphatic heterocycles. The lowest BCUT2D eigenvalue weighted by molar-refractivity contribution is -0.139. The molecule has 0 fully saturated rings. The molecule has 0 heterocycles. The van der Waals surface area contributed by atoms with E-state index in [1.54, 1.807) is 24.3 Å². The molecule has 0 spiro atoms. The van der Waals surface area contributed by atoms with Crippen LogP contribution in [0.25, 0.3) is 11.1 Å². The summed E-state index contributed by atoms with van der Waals surface area (Å²) < 4.78 is 15.9. The largest absolute Gasteiger partial charge is 0.493 e. The Hall–Kier alpha value is -4.37. The maximum absolute atomic E-state index is 12.5. The lowest BCUT2D eigenvalue weighted by Crippen LogP contribution is -2.38. The number of carboxylic acids is 1. The van der Waals surface area contributed by atoms with Gasteiger partial charge in [-0.15, -0.1) is 0 Å². The zero-order valence-electron chi connectivity index (χ0n) is 20.9. The van der Waals surface area contributed by atoms with E-state index >= 15 is 0 Å². The van der Waals surface area contributed by atoms with Crippen molar-refractivity contribution in [3.05, 3.63) is 77.9 Å². The second kappa shape index (κ2) is 13.1. The third-order valence-electron chi connectivity index (χ3n) is 5.74. The zero-order valence-corrected chi connectivity index (χ0v) is 20.9. The second-order valence-corrected chi connectivity index (χ2v) is 8.16. The highest BCUT2D eigenvalue weighted by molar-refractivity contribution is 6.04. The Labute approximate surface area is 215 Å². The summed E-state index contributed by atoms with van der Waals surface area (Å²) >= 11 is 0. The molecule has 194 valence electrons. The first-order valence-corrected chi connectivity index (χ1v) is 11.6. The van der Waals surface area contributed by atoms with Gasteiger partial charge in [0.05, 0.1) is 21.3 Å². The molecule has 0 aliphatic rings. The number of hydrogen-bond acceptors (Lipinski definition) is 7. The van der Waals surface area contributed by atoms with Crippen LogP contribution in [0.1, 0.15) is 28.8 Å². The SMILES string of the molecule is COc1cc(CN[C@@H](CCC(=O)NC(=O)c2ccc(-c3ccccc3)cc2)C(=O)O)cc(OC)c1OC. The molecule has 0 saturated heterocycles. The molecule has 9 heteroatoms. The Morgan fingerprint density at radius 3 is 1.97 bits per heavy atom. The fourth-order valence-corrected chi connectivity index (χ4v) is 3.77. The fraction of sp³-hybridized carbons (Fsp3) is 0.250. The molecule has 37 heavy (non-hydrogen) atoms. The molecule has 0 bridgehead atoms. The lowest BCUT2D eigenvalue weighted by atomic mass is 10.0. The van der Waals surface area contributed by atoms with Gasteiger partial charge in [-0.1, -0.05) is 42.5 Å². The number of carbonyl (C=O) groups excluding carboxylic acids is 2. The first-order valence-electron chi connectivity index (χ1n) is 11.6. The van der Waals surface area contributed by atoms with Crippen molar-refractivity contribution in [2.45, 2.75) is 25.4 Å². The molecule has 0 radical (unpaired) electrons. The summed E-state index contributed by atoms with van der Waals surface area (Å²) in [6.45, 7) is 0.183. The number of carboxylic acid groups (broad SMARTS) is 1. The van der Waals surface area contributed by atoms with Gasteiger partial charge < -0.3 is 24.6 Å². The first-order chi connectivity index (χ1) is 17.9. The number of hydrogen-bond donors (Lipinski definition) is 3. The van der Waals surface area contributed by atoms with Crippen LogP contribution in [0.3, 0.4) is 0 Å². The van der Waals surface area contributed by atoms with Gasteiger partial charge in [0.1, 0.15) is 6.04 Å². The fourth-order valence-electron chi connectivity index (χ4n) is 3.77. The van der Waals surface area contributed by atoms with Gasteiger partial charge in [-0.05, 0) is 47.4 Å². The van der Waals surface area contributed by atoms with E-state index in [-0.39, 0.29) is 19.4 Å². The minimum atomic E-state index is -1.11. The van der Waals surface area contributed by atoms with Crippen LogP contribution in [0, 0.1) is 0 Å². The van der Waals surface area contributed by atoms with Gasteiger partial charge in [0.25, 0.3) is 5.91 Å². The van der Waals surface area contributed by atoms with E-state index in [2.05, 4.69) is 10.6 Å². The van der Waals surface area contributed by atoms with Crippen molar-refractivity contribution in [2.24, 2.45) is 0 Å². The minimum Gasteiger partial charge on any atom is -0.493 e. The number of carbonyl (C=O) groups is 3. The number of benzene rings is 3. The molecule has 0 saturated carbocycles. The number of amides is 2. The number of imide groups is 1. The van der Waals surface area contributed by atoms with Crippen molar-refractivity contribution in [2.75, 3.05) is 21.3 Å². The van der Waals surface area contributed by atoms with Gasteiger partial charge in [-0.3, -0.25) is 19.7 Å². The van der Waals surface area contributed by atoms with Crippen LogP contribution in [0.15, 0.2) is 66.7 Å². The summed E-state index contributed by atoms with van der Waals surface area (Å²) in [5, 5.41) is 14.8. The standard InChI is InChI=1S/C28H30N2O7/c1-35-23-15-18(16-24(36-2)26(23)37-3)17-29-22(28(33)34)13-14-25(31)30-27(32)21-11-9-20(10-12-21)19-7-5-4-6-8-19/h4-12,15-16,22,29H,13-14,17H2,1-3H3,(H,33,34)(H,30,31,32)/t22-/m0/s1. The molecule has 0 unspecified atom stereocenters. The van der Waals surface area contributed by atoms with Gasteiger partial charge in [-0.25, -0.2) is 0 Å². The molecule has 3 N–H and O–H groups in total. The average Bonchev–Trinajstić information content (AvgIpc) is 2.92. The molecule has 1 atom stereocenters. The smallest absolute Gasteiger partial charge is 0.320 e. The van der Waals surface area contributed by atoms with Crippen LogP contribution < -0.4 is 24.8 Å². The summed E-state index contributed by atoms with van der Waals surface area (Å²) in [7, 11) is 4.48. The van der Waals surface area contributed by atoms with Crippen molar-refractivity contribution in [1.82, 2.24) is 10.6 Å². The van der Waals surface area contributed by atoms with Crippen LogP contribution in [0.2, 0.25) is 0 Å². The van der Waals surface area contributed by atoms with E-state index in [0.29, 0.717) is 28.4 Å². The van der Waals surface area contributed by atoms with Gasteiger partial charge >= 0.3 is 5.97 Å². The van der Waals surface area contributed by atoms with Crippen molar-refractivity contribution >= 4 is 17.8 Å². The quantitative estimate of drug-likeness (QED) is 0.340. The Balaban J connectivity index is 1.55. The monoisotopic (exact) mass is 506 g/mol. The Bertz CT molecular complexity index is 1200. The molecular formula is C28H30N2O7. The molecule has 3 aromatic rings. The van der Waals surface area contributed by atoms with E-state index in [1.807, 2.05) is 42.5 Å². The van der Waals surface area contributed by atoms with Crippen LogP contribution in [0.5, 0.6) is 17.2 Å². The van der Waals surface area contributed by atoms with Gasteiger partial charge in [0, 0.05) is 18.5 Å². The predicted molar refractivity (Wildman–Crippen MR) is 138 cm³/mol. The minimum absolute atomic E-state index is 0.00812. The van der Waals surface area contributed by atoms with Crippen molar-refractivity contribution in [3.8, 4) is 28.4 Å². The first kappa shape index (κ1) is 27.2. The van der Waals surface area contributed by atoms with E-state index in [4.69, 9.17) is 14.2 Å². The normalized spacial score (nSPS) is 11.3. The van der Waals surface area contributed by atoms with E-state index in [0.717, 1.165) is 11.1 Å². The lowest BCUT2D eigenvalue weighted by Gasteiger charge is -2.17. The van der Waals surface area contributed by atoms with Gasteiger partial charge in [-0.2, -0.15) is 0 Å². The van der Waals surface area contributed by atoms with Gasteiger partial charge in [0.15, 0.2) is 11.5 Å². The van der Waals surface area contributed by atoms with E-state index in [9.17, 15) is 19.5 Å². The summed E-state index contributed by atoms with van der Waals surface area (Å²) in [5.74, 6) is -0.886. The maximum Gasteiger partial charge on any atom is 0.320 e. The highest BCUT2D eigenvalue weighted by Crippen LogP contribution is 2.38.